The normalized spacial score (nSPS) is 11.3. The number of ether oxygens (including phenoxy) is 1. The van der Waals surface area contributed by atoms with Crippen molar-refractivity contribution >= 4 is 55.5 Å². The summed E-state index contributed by atoms with van der Waals surface area (Å²) in [5.41, 5.74) is 1.92. The molecule has 3 rings (SSSR count). The van der Waals surface area contributed by atoms with Crippen molar-refractivity contribution in [2.24, 2.45) is 0 Å². The van der Waals surface area contributed by atoms with E-state index in [0.29, 0.717) is 20.9 Å². The minimum Gasteiger partial charge on any atom is -0.494 e. The maximum Gasteiger partial charge on any atom is 0.270 e. The Balaban J connectivity index is 2.05. The summed E-state index contributed by atoms with van der Waals surface area (Å²) in [7, 11) is 5.77. The maximum absolute atomic E-state index is 13.1. The summed E-state index contributed by atoms with van der Waals surface area (Å²) < 4.78 is 7.09. The molecule has 0 saturated heterocycles. The van der Waals surface area contributed by atoms with E-state index in [1.165, 1.54) is 27.6 Å². The second-order valence-electron chi connectivity index (χ2n) is 6.28. The van der Waals surface area contributed by atoms with Crippen LogP contribution in [0.3, 0.4) is 0 Å². The third-order valence-corrected chi connectivity index (χ3v) is 6.44. The number of thiophene rings is 1. The van der Waals surface area contributed by atoms with E-state index in [9.17, 15) is 4.79 Å². The Labute approximate surface area is 165 Å². The zero-order chi connectivity index (χ0) is 18.8. The second-order valence-corrected chi connectivity index (χ2v) is 8.97. The van der Waals surface area contributed by atoms with Crippen LogP contribution in [0.2, 0.25) is 4.34 Å². The Morgan fingerprint density at radius 2 is 2.04 bits per heavy atom. The summed E-state index contributed by atoms with van der Waals surface area (Å²) in [5, 5.41) is 0.684. The number of halogens is 1. The fraction of sp³-hybridized carbons (Fsp3) is 0.333. The average Bonchev–Trinajstić information content (AvgIpc) is 3.22. The van der Waals surface area contributed by atoms with Gasteiger partial charge in [0.1, 0.15) is 11.3 Å². The number of carbonyl (C=O) groups excluding carboxylic acids is 1. The number of hydrogen-bond donors (Lipinski definition) is 1. The quantitative estimate of drug-likeness (QED) is 0.679. The molecule has 138 valence electrons. The molecule has 0 bridgehead atoms. The molecule has 26 heavy (non-hydrogen) atoms. The molecule has 0 radical (unpaired) electrons. The summed E-state index contributed by atoms with van der Waals surface area (Å²) in [6, 6.07) is 7.44. The summed E-state index contributed by atoms with van der Waals surface area (Å²) in [6.07, 6.45) is 0. The SMILES string of the molecule is COc1ccc(C)c2sc(N(CC[NH+](C)C)C(=O)c3ccc(Cl)s3)nc12. The van der Waals surface area contributed by atoms with E-state index in [1.807, 2.05) is 19.1 Å². The fourth-order valence-corrected chi connectivity index (χ4v) is 4.63. The van der Waals surface area contributed by atoms with E-state index < -0.39 is 0 Å². The van der Waals surface area contributed by atoms with Crippen molar-refractivity contribution in [2.75, 3.05) is 39.2 Å². The molecule has 0 aliphatic heterocycles. The van der Waals surface area contributed by atoms with Crippen LogP contribution >= 0.6 is 34.3 Å². The number of hydrogen-bond acceptors (Lipinski definition) is 5. The van der Waals surface area contributed by atoms with E-state index in [4.69, 9.17) is 21.3 Å². The van der Waals surface area contributed by atoms with Gasteiger partial charge in [0.25, 0.3) is 5.91 Å². The molecule has 0 atom stereocenters. The molecule has 2 heterocycles. The van der Waals surface area contributed by atoms with Crippen LogP contribution in [0.25, 0.3) is 10.2 Å². The molecule has 1 N–H and O–H groups in total. The summed E-state index contributed by atoms with van der Waals surface area (Å²) in [4.78, 5) is 21.5. The Morgan fingerprint density at radius 3 is 2.65 bits per heavy atom. The van der Waals surface area contributed by atoms with Crippen molar-refractivity contribution in [3.8, 4) is 5.75 Å². The molecule has 2 aromatic heterocycles. The van der Waals surface area contributed by atoms with E-state index in [-0.39, 0.29) is 5.91 Å². The van der Waals surface area contributed by atoms with Crippen molar-refractivity contribution < 1.29 is 14.4 Å². The minimum absolute atomic E-state index is 0.0705. The summed E-state index contributed by atoms with van der Waals surface area (Å²) in [5.74, 6) is 0.650. The van der Waals surface area contributed by atoms with Crippen LogP contribution in [0.1, 0.15) is 15.2 Å². The fourth-order valence-electron chi connectivity index (χ4n) is 2.56. The number of aromatic nitrogens is 1. The smallest absolute Gasteiger partial charge is 0.270 e. The number of rotatable bonds is 6. The highest BCUT2D eigenvalue weighted by Gasteiger charge is 2.24. The highest BCUT2D eigenvalue weighted by molar-refractivity contribution is 7.22. The zero-order valence-electron chi connectivity index (χ0n) is 15.1. The molecule has 0 aliphatic rings. The molecule has 5 nitrogen and oxygen atoms in total. The average molecular weight is 411 g/mol. The Bertz CT molecular complexity index is 936. The second kappa shape index (κ2) is 7.92. The van der Waals surface area contributed by atoms with Crippen molar-refractivity contribution in [1.29, 1.82) is 0 Å². The lowest BCUT2D eigenvalue weighted by Crippen LogP contribution is -3.06. The first-order valence-electron chi connectivity index (χ1n) is 8.21. The Hall–Kier alpha value is -1.67. The van der Waals surface area contributed by atoms with Gasteiger partial charge in [0.05, 0.1) is 48.2 Å². The number of quaternary nitrogens is 1. The molecule has 8 heteroatoms. The third-order valence-electron chi connectivity index (χ3n) is 4.01. The predicted octanol–water partition coefficient (Wildman–Crippen LogP) is 3.12. The number of nitrogens with zero attached hydrogens (tertiary/aromatic N) is 2. The van der Waals surface area contributed by atoms with Gasteiger partial charge in [-0.05, 0) is 30.7 Å². The van der Waals surface area contributed by atoms with Gasteiger partial charge in [-0.25, -0.2) is 4.98 Å². The van der Waals surface area contributed by atoms with Crippen molar-refractivity contribution in [3.63, 3.8) is 0 Å². The summed E-state index contributed by atoms with van der Waals surface area (Å²) >= 11 is 8.83. The number of fused-ring (bicyclic) bond motifs is 1. The highest BCUT2D eigenvalue weighted by Crippen LogP contribution is 2.37. The van der Waals surface area contributed by atoms with Crippen LogP contribution in [0.4, 0.5) is 5.13 Å². The van der Waals surface area contributed by atoms with E-state index in [2.05, 4.69) is 14.1 Å². The van der Waals surface area contributed by atoms with Gasteiger partial charge >= 0.3 is 0 Å². The number of aryl methyl sites for hydroxylation is 1. The molecule has 3 aromatic rings. The van der Waals surface area contributed by atoms with Gasteiger partial charge in [-0.15, -0.1) is 11.3 Å². The first-order chi connectivity index (χ1) is 12.4. The molecule has 0 fully saturated rings. The molecular weight excluding hydrogens is 390 g/mol. The van der Waals surface area contributed by atoms with Crippen LogP contribution < -0.4 is 14.5 Å². The molecule has 0 aliphatic carbocycles. The lowest BCUT2D eigenvalue weighted by atomic mass is 10.2. The lowest BCUT2D eigenvalue weighted by Gasteiger charge is -2.19. The number of benzene rings is 1. The van der Waals surface area contributed by atoms with Crippen molar-refractivity contribution in [3.05, 3.63) is 39.0 Å². The van der Waals surface area contributed by atoms with Gasteiger partial charge in [0.15, 0.2) is 5.13 Å². The summed E-state index contributed by atoms with van der Waals surface area (Å²) in [6.45, 7) is 3.44. The zero-order valence-corrected chi connectivity index (χ0v) is 17.5. The number of thiazole rings is 1. The van der Waals surface area contributed by atoms with Gasteiger partial charge in [0.2, 0.25) is 0 Å². The number of likely N-dealkylation sites (N-methyl/N-ethyl adjacent to an activating group) is 1. The van der Waals surface area contributed by atoms with Gasteiger partial charge in [-0.2, -0.15) is 0 Å². The first-order valence-corrected chi connectivity index (χ1v) is 10.2. The minimum atomic E-state index is -0.0705. The third kappa shape index (κ3) is 3.86. The van der Waals surface area contributed by atoms with Gasteiger partial charge in [0, 0.05) is 0 Å². The van der Waals surface area contributed by atoms with Gasteiger partial charge in [-0.1, -0.05) is 29.0 Å². The molecule has 0 unspecified atom stereocenters. The predicted molar refractivity (Wildman–Crippen MR) is 110 cm³/mol. The number of carbonyl (C=O) groups is 1. The van der Waals surface area contributed by atoms with E-state index in [0.717, 1.165) is 28.1 Å². The molecule has 0 spiro atoms. The first kappa shape index (κ1) is 19.1. The van der Waals surface area contributed by atoms with Gasteiger partial charge in [-0.3, -0.25) is 9.69 Å². The molecule has 1 amide bonds. The number of methoxy groups -OCH3 is 1. The van der Waals surface area contributed by atoms with E-state index >= 15 is 0 Å². The van der Waals surface area contributed by atoms with Crippen LogP contribution in [-0.2, 0) is 0 Å². The van der Waals surface area contributed by atoms with Gasteiger partial charge < -0.3 is 9.64 Å². The van der Waals surface area contributed by atoms with Crippen molar-refractivity contribution in [1.82, 2.24) is 4.98 Å². The lowest BCUT2D eigenvalue weighted by molar-refractivity contribution is -0.856. The van der Waals surface area contributed by atoms with Crippen LogP contribution in [-0.4, -0.2) is 45.2 Å². The topological polar surface area (TPSA) is 46.9 Å². The largest absolute Gasteiger partial charge is 0.494 e. The standard InChI is InChI=1S/C18H20ClN3O2S2/c1-11-5-6-12(24-4)15-16(11)26-18(20-15)22(10-9-21(2)3)17(23)13-7-8-14(19)25-13/h5-8H,9-10H2,1-4H3/p+1. The van der Waals surface area contributed by atoms with Crippen LogP contribution in [0.15, 0.2) is 24.3 Å². The van der Waals surface area contributed by atoms with Crippen LogP contribution in [0, 0.1) is 6.92 Å². The number of amides is 1. The molecule has 0 saturated carbocycles. The number of nitrogens with one attached hydrogen (secondary N) is 1. The molecular formula is C18H21ClN3O2S2+. The Kier molecular flexibility index (Phi) is 5.82. The van der Waals surface area contributed by atoms with E-state index in [1.54, 1.807) is 24.1 Å². The van der Waals surface area contributed by atoms with Crippen LogP contribution in [0.5, 0.6) is 5.75 Å². The maximum atomic E-state index is 13.1. The Morgan fingerprint density at radius 1 is 1.27 bits per heavy atom. The number of anilines is 1. The highest BCUT2D eigenvalue weighted by atomic mass is 35.5. The van der Waals surface area contributed by atoms with Crippen molar-refractivity contribution in [2.45, 2.75) is 6.92 Å². The molecule has 1 aromatic carbocycles. The monoisotopic (exact) mass is 410 g/mol.